The maximum atomic E-state index is 11.1. The molecule has 1 aliphatic rings. The average Bonchev–Trinajstić information content (AvgIpc) is 2.47. The van der Waals surface area contributed by atoms with Crippen LogP contribution in [-0.2, 0) is 4.79 Å². The molecule has 0 saturated carbocycles. The molecular formula is C13H18N4O4. The zero-order chi connectivity index (χ0) is 15.2. The molecular weight excluding hydrogens is 276 g/mol. The molecule has 1 saturated heterocycles. The number of nitrogens with one attached hydrogen (secondary N) is 1. The SMILES string of the molecule is O=C(O)CNCC1CCCN(c2ccncc2[N+](=O)[O-])C1. The number of nitro groups is 1. The van der Waals surface area contributed by atoms with Crippen molar-refractivity contribution in [1.29, 1.82) is 0 Å². The van der Waals surface area contributed by atoms with Crippen LogP contribution in [0, 0.1) is 16.0 Å². The predicted octanol–water partition coefficient (Wildman–Crippen LogP) is 0.880. The van der Waals surface area contributed by atoms with Crippen LogP contribution in [-0.4, -0.2) is 47.2 Å². The number of carboxylic acid groups (broad SMARTS) is 1. The lowest BCUT2D eigenvalue weighted by atomic mass is 9.97. The number of carbonyl (C=O) groups is 1. The van der Waals surface area contributed by atoms with Gasteiger partial charge in [0, 0.05) is 25.8 Å². The zero-order valence-electron chi connectivity index (χ0n) is 11.6. The van der Waals surface area contributed by atoms with E-state index in [-0.39, 0.29) is 18.2 Å². The average molecular weight is 294 g/mol. The number of aliphatic carboxylic acids is 1. The number of hydrogen-bond donors (Lipinski definition) is 2. The summed E-state index contributed by atoms with van der Waals surface area (Å²) in [7, 11) is 0. The second-order valence-corrected chi connectivity index (χ2v) is 5.10. The predicted molar refractivity (Wildman–Crippen MR) is 76.3 cm³/mol. The van der Waals surface area contributed by atoms with E-state index in [1.54, 1.807) is 12.3 Å². The fourth-order valence-electron chi connectivity index (χ4n) is 2.62. The molecule has 1 aromatic rings. The van der Waals surface area contributed by atoms with Gasteiger partial charge in [0.1, 0.15) is 11.9 Å². The maximum absolute atomic E-state index is 11.1. The van der Waals surface area contributed by atoms with Crippen molar-refractivity contribution in [2.45, 2.75) is 12.8 Å². The Morgan fingerprint density at radius 3 is 3.14 bits per heavy atom. The Labute approximate surface area is 121 Å². The molecule has 0 aliphatic carbocycles. The minimum absolute atomic E-state index is 0.0108. The Hall–Kier alpha value is -2.22. The molecule has 8 heteroatoms. The van der Waals surface area contributed by atoms with Gasteiger partial charge in [-0.1, -0.05) is 0 Å². The van der Waals surface area contributed by atoms with Crippen LogP contribution in [0.3, 0.4) is 0 Å². The molecule has 2 N–H and O–H groups in total. The number of pyridine rings is 1. The van der Waals surface area contributed by atoms with Gasteiger partial charge in [0.25, 0.3) is 0 Å². The second kappa shape index (κ2) is 6.98. The molecule has 2 heterocycles. The molecule has 1 fully saturated rings. The van der Waals surface area contributed by atoms with E-state index in [1.807, 2.05) is 4.90 Å². The lowest BCUT2D eigenvalue weighted by Crippen LogP contribution is -2.40. The molecule has 0 radical (unpaired) electrons. The largest absolute Gasteiger partial charge is 0.480 e. The number of hydrogen-bond acceptors (Lipinski definition) is 6. The van der Waals surface area contributed by atoms with E-state index >= 15 is 0 Å². The van der Waals surface area contributed by atoms with Crippen LogP contribution in [0.2, 0.25) is 0 Å². The van der Waals surface area contributed by atoms with Gasteiger partial charge in [-0.05, 0) is 24.8 Å². The maximum Gasteiger partial charge on any atom is 0.317 e. The molecule has 0 bridgehead atoms. The molecule has 114 valence electrons. The van der Waals surface area contributed by atoms with E-state index in [2.05, 4.69) is 10.3 Å². The fourth-order valence-corrected chi connectivity index (χ4v) is 2.62. The van der Waals surface area contributed by atoms with Crippen LogP contribution in [0.4, 0.5) is 11.4 Å². The highest BCUT2D eigenvalue weighted by molar-refractivity contribution is 5.69. The van der Waals surface area contributed by atoms with Crippen LogP contribution >= 0.6 is 0 Å². The van der Waals surface area contributed by atoms with Gasteiger partial charge in [0.15, 0.2) is 0 Å². The van der Waals surface area contributed by atoms with Crippen molar-refractivity contribution in [2.75, 3.05) is 31.1 Å². The van der Waals surface area contributed by atoms with Crippen molar-refractivity contribution in [3.8, 4) is 0 Å². The van der Waals surface area contributed by atoms with Gasteiger partial charge in [-0.2, -0.15) is 0 Å². The van der Waals surface area contributed by atoms with Gasteiger partial charge in [-0.25, -0.2) is 0 Å². The number of rotatable bonds is 6. The van der Waals surface area contributed by atoms with Crippen molar-refractivity contribution in [3.63, 3.8) is 0 Å². The number of nitrogens with zero attached hydrogens (tertiary/aromatic N) is 3. The van der Waals surface area contributed by atoms with Crippen molar-refractivity contribution < 1.29 is 14.8 Å². The monoisotopic (exact) mass is 294 g/mol. The first-order chi connectivity index (χ1) is 10.1. The Kier molecular flexibility index (Phi) is 5.04. The highest BCUT2D eigenvalue weighted by Crippen LogP contribution is 2.30. The van der Waals surface area contributed by atoms with E-state index in [0.717, 1.165) is 19.4 Å². The Balaban J connectivity index is 2.01. The van der Waals surface area contributed by atoms with Gasteiger partial charge in [-0.15, -0.1) is 0 Å². The first kappa shape index (κ1) is 15.2. The third kappa shape index (κ3) is 4.12. The lowest BCUT2D eigenvalue weighted by Gasteiger charge is -2.34. The zero-order valence-corrected chi connectivity index (χ0v) is 11.6. The fraction of sp³-hybridized carbons (Fsp3) is 0.538. The summed E-state index contributed by atoms with van der Waals surface area (Å²) in [6.07, 6.45) is 4.73. The van der Waals surface area contributed by atoms with Gasteiger partial charge in [0.05, 0.1) is 11.5 Å². The standard InChI is InChI=1S/C13H18N4O4/c18-13(19)8-15-6-10-2-1-5-16(9-10)11-3-4-14-7-12(11)17(20)21/h3-4,7,10,15H,1-2,5-6,8-9H2,(H,18,19). The highest BCUT2D eigenvalue weighted by atomic mass is 16.6. The third-order valence-electron chi connectivity index (χ3n) is 3.54. The molecule has 1 aliphatic heterocycles. The van der Waals surface area contributed by atoms with E-state index < -0.39 is 10.9 Å². The summed E-state index contributed by atoms with van der Waals surface area (Å²) >= 11 is 0. The lowest BCUT2D eigenvalue weighted by molar-refractivity contribution is -0.384. The van der Waals surface area contributed by atoms with Crippen molar-refractivity contribution in [1.82, 2.24) is 10.3 Å². The summed E-state index contributed by atoms with van der Waals surface area (Å²) in [4.78, 5) is 26.9. The molecule has 1 unspecified atom stereocenters. The van der Waals surface area contributed by atoms with Crippen LogP contribution in [0.1, 0.15) is 12.8 Å². The third-order valence-corrected chi connectivity index (χ3v) is 3.54. The molecule has 0 aromatic carbocycles. The van der Waals surface area contributed by atoms with Gasteiger partial charge in [-0.3, -0.25) is 19.9 Å². The van der Waals surface area contributed by atoms with Crippen LogP contribution in [0.5, 0.6) is 0 Å². The van der Waals surface area contributed by atoms with Crippen molar-refractivity contribution in [3.05, 3.63) is 28.6 Å². The Morgan fingerprint density at radius 2 is 2.43 bits per heavy atom. The second-order valence-electron chi connectivity index (χ2n) is 5.10. The van der Waals surface area contributed by atoms with Gasteiger partial charge in [0.2, 0.25) is 0 Å². The molecule has 0 spiro atoms. The first-order valence-corrected chi connectivity index (χ1v) is 6.84. The van der Waals surface area contributed by atoms with E-state index in [9.17, 15) is 14.9 Å². The van der Waals surface area contributed by atoms with E-state index in [1.165, 1.54) is 6.20 Å². The van der Waals surface area contributed by atoms with Gasteiger partial charge < -0.3 is 15.3 Å². The number of anilines is 1. The Bertz CT molecular complexity index is 523. The molecule has 1 aromatic heterocycles. The summed E-state index contributed by atoms with van der Waals surface area (Å²) in [5, 5.41) is 22.6. The van der Waals surface area contributed by atoms with Crippen LogP contribution in [0.15, 0.2) is 18.5 Å². The molecule has 0 amide bonds. The smallest absolute Gasteiger partial charge is 0.317 e. The topological polar surface area (TPSA) is 109 Å². The molecule has 2 rings (SSSR count). The van der Waals surface area contributed by atoms with Crippen molar-refractivity contribution in [2.24, 2.45) is 5.92 Å². The highest BCUT2D eigenvalue weighted by Gasteiger charge is 2.25. The van der Waals surface area contributed by atoms with Crippen molar-refractivity contribution >= 4 is 17.3 Å². The summed E-state index contributed by atoms with van der Waals surface area (Å²) in [5.74, 6) is -0.599. The quantitative estimate of drug-likeness (QED) is 0.592. The van der Waals surface area contributed by atoms with Gasteiger partial charge >= 0.3 is 11.7 Å². The summed E-state index contributed by atoms with van der Waals surface area (Å²) in [5.41, 5.74) is 0.592. The molecule has 8 nitrogen and oxygen atoms in total. The minimum atomic E-state index is -0.882. The van der Waals surface area contributed by atoms with Crippen LogP contribution < -0.4 is 10.2 Å². The summed E-state index contributed by atoms with van der Waals surface area (Å²) < 4.78 is 0. The Morgan fingerprint density at radius 1 is 1.62 bits per heavy atom. The van der Waals surface area contributed by atoms with E-state index in [0.29, 0.717) is 18.8 Å². The number of carboxylic acids is 1. The molecule has 1 atom stereocenters. The molecule has 21 heavy (non-hydrogen) atoms. The summed E-state index contributed by atoms with van der Waals surface area (Å²) in [6, 6.07) is 1.66. The minimum Gasteiger partial charge on any atom is -0.480 e. The summed E-state index contributed by atoms with van der Waals surface area (Å²) in [6.45, 7) is 1.98. The first-order valence-electron chi connectivity index (χ1n) is 6.84. The number of piperidine rings is 1. The number of aromatic nitrogens is 1. The van der Waals surface area contributed by atoms with Crippen LogP contribution in [0.25, 0.3) is 0 Å². The normalized spacial score (nSPS) is 18.5. The van der Waals surface area contributed by atoms with E-state index in [4.69, 9.17) is 5.11 Å².